The van der Waals surface area contributed by atoms with E-state index in [0.717, 1.165) is 103 Å². The van der Waals surface area contributed by atoms with E-state index in [0.29, 0.717) is 23.9 Å². The summed E-state index contributed by atoms with van der Waals surface area (Å²) in [7, 11) is 11.7. The van der Waals surface area contributed by atoms with Gasteiger partial charge in [0, 0.05) is 67.4 Å². The molecule has 4 aromatic carbocycles. The maximum atomic E-state index is 12.4. The number of quaternary nitrogens is 1. The number of imidazole rings is 1. The number of halogens is 3. The van der Waals surface area contributed by atoms with Gasteiger partial charge in [0.05, 0.1) is 43.5 Å². The number of aromatic nitrogens is 6. The van der Waals surface area contributed by atoms with Gasteiger partial charge in [-0.2, -0.15) is 0 Å². The standard InChI is InChI=1S/C23H26BrN4O.C21H21BrN4O.C5H6BrN3O2.C3H8.2CH3NO2.2CH4.CH3/c1-4-28(2,3)12-6-9-20(29)13-17-10-11-22-21(14-17)23(26-16-25-22)27-19-8-5-7-18(24)15-19;1-26(2)10-4-7-18(27)11-15-8-9-20-19(12-15)21(24-14-23-20)25-17-6-3-5-16(22)13-17;1-8-3-7-5(9(10)11)4(8)2-6;1-3-2;2*1-2(3)4;;;/h5-11,14-16H,4,12-13H2,1-3H3,(H,25,26,27);3-9,12-14H,10-11H2,1-2H3,(H,23,24,25);3H,2H2,1H3;3H2,1-2H3;2*1H3;2*1H4;1H3/q+1;;;;;;;;-1/b9-6+;7-4+;;;;;;;. The molecule has 0 bridgehead atoms. The van der Waals surface area contributed by atoms with Gasteiger partial charge in [-0.05, 0) is 121 Å². The van der Waals surface area contributed by atoms with Crippen LogP contribution in [0.3, 0.4) is 0 Å². The molecule has 0 aliphatic rings. The van der Waals surface area contributed by atoms with Crippen LogP contribution in [0.5, 0.6) is 0 Å². The van der Waals surface area contributed by atoms with Crippen LogP contribution in [-0.2, 0) is 34.8 Å². The molecule has 0 amide bonds. The quantitative estimate of drug-likeness (QED) is 0.0214. The Balaban J connectivity index is 0. The lowest BCUT2D eigenvalue weighted by Crippen LogP contribution is -2.39. The summed E-state index contributed by atoms with van der Waals surface area (Å²) in [5.74, 6) is 1.54. The van der Waals surface area contributed by atoms with Crippen LogP contribution in [0.1, 0.15) is 58.9 Å². The molecule has 3 aromatic heterocycles. The number of alkyl halides is 1. The van der Waals surface area contributed by atoms with Crippen molar-refractivity contribution in [3.05, 3.63) is 192 Å². The Kier molecular flexibility index (Phi) is 37.5. The molecule has 0 saturated carbocycles. The van der Waals surface area contributed by atoms with Crippen molar-refractivity contribution in [2.75, 3.05) is 72.6 Å². The molecular weight excluding hydrogens is 1230 g/mol. The van der Waals surface area contributed by atoms with Gasteiger partial charge in [-0.3, -0.25) is 29.8 Å². The van der Waals surface area contributed by atoms with E-state index in [1.165, 1.54) is 19.1 Å². The fourth-order valence-electron chi connectivity index (χ4n) is 6.30. The minimum atomic E-state index is -0.500. The number of hydrogen-bond donors (Lipinski definition) is 2. The lowest BCUT2D eigenvalue weighted by Gasteiger charge is -2.26. The molecular formula is C57H78Br3N13O8. The van der Waals surface area contributed by atoms with Crippen molar-refractivity contribution >= 4 is 110 Å². The van der Waals surface area contributed by atoms with Crippen molar-refractivity contribution in [1.29, 1.82) is 0 Å². The van der Waals surface area contributed by atoms with E-state index in [4.69, 9.17) is 20.2 Å². The van der Waals surface area contributed by atoms with E-state index >= 15 is 0 Å². The average Bonchev–Trinajstić information content (AvgIpc) is 3.75. The fraction of sp³-hybridized carbons (Fsp3) is 0.333. The minimum Gasteiger partial charge on any atom is -0.358 e. The Bertz CT molecular complexity index is 3120. The zero-order valence-electron chi connectivity index (χ0n) is 46.4. The highest BCUT2D eigenvalue weighted by molar-refractivity contribution is 9.10. The van der Waals surface area contributed by atoms with Crippen molar-refractivity contribution in [1.82, 2.24) is 34.4 Å². The number of rotatable bonds is 17. The summed E-state index contributed by atoms with van der Waals surface area (Å²) in [4.78, 5) is 74.1. The molecule has 0 saturated heterocycles. The molecule has 21 nitrogen and oxygen atoms in total. The largest absolute Gasteiger partial charge is 0.385 e. The third-order valence-corrected chi connectivity index (χ3v) is 11.7. The summed E-state index contributed by atoms with van der Waals surface area (Å²) in [6.45, 7) is 9.01. The number of fused-ring (bicyclic) bond motifs is 2. The normalized spacial score (nSPS) is 10.2. The first kappa shape index (κ1) is 75.8. The summed E-state index contributed by atoms with van der Waals surface area (Å²) >= 11 is 10.1. The minimum absolute atomic E-state index is 0. The number of carbonyl (C=O) groups is 2. The number of ketones is 2. The molecule has 0 unspecified atom stereocenters. The molecule has 0 atom stereocenters. The van der Waals surface area contributed by atoms with Gasteiger partial charge in [0.25, 0.3) is 0 Å². The van der Waals surface area contributed by atoms with E-state index in [9.17, 15) is 19.7 Å². The van der Waals surface area contributed by atoms with E-state index in [1.54, 1.807) is 30.1 Å². The SMILES string of the molecule is C.C.CCC.CC[N+](C)(C)C/C=C/C(=O)Cc1ccc2ncnc(Nc3cccc(Br)c3)c2c1.CN(C)C/C=C/C(=O)Cc1ccc2ncnc(Nc3cccc(Br)c3)c2c1.C[N+](=O)[O-].C[N+](=O)[O-].Cn1cnc([N+](=O)[O-])c1CBr.[CH3-]. The lowest BCUT2D eigenvalue weighted by molar-refractivity contribution is -0.882. The number of nitrogens with zero attached hydrogens (tertiary/aromatic N) is 11. The first-order valence-electron chi connectivity index (χ1n) is 24.2. The van der Waals surface area contributed by atoms with Gasteiger partial charge in [0.1, 0.15) is 30.0 Å². The molecule has 0 radical (unpaired) electrons. The average molecular weight is 1310 g/mol. The highest BCUT2D eigenvalue weighted by Gasteiger charge is 2.18. The smallest absolute Gasteiger partial charge is 0.358 e. The number of nitrogens with one attached hydrogen (secondary N) is 2. The Morgan fingerprint density at radius 1 is 0.691 bits per heavy atom. The predicted molar refractivity (Wildman–Crippen MR) is 340 cm³/mol. The van der Waals surface area contributed by atoms with E-state index in [-0.39, 0.29) is 39.7 Å². The molecule has 24 heteroatoms. The predicted octanol–water partition coefficient (Wildman–Crippen LogP) is 13.4. The molecule has 440 valence electrons. The lowest BCUT2D eigenvalue weighted by atomic mass is 10.1. The second-order valence-electron chi connectivity index (χ2n) is 17.8. The van der Waals surface area contributed by atoms with Crippen molar-refractivity contribution in [3.63, 3.8) is 0 Å². The highest BCUT2D eigenvalue weighted by atomic mass is 79.9. The van der Waals surface area contributed by atoms with Crippen molar-refractivity contribution in [2.24, 2.45) is 7.05 Å². The summed E-state index contributed by atoms with van der Waals surface area (Å²) < 4.78 is 4.46. The first-order valence-corrected chi connectivity index (χ1v) is 26.9. The summed E-state index contributed by atoms with van der Waals surface area (Å²) in [5.41, 5.74) is 6.00. The molecule has 0 spiro atoms. The Labute approximate surface area is 501 Å². The fourth-order valence-corrected chi connectivity index (χ4v) is 7.74. The van der Waals surface area contributed by atoms with Crippen LogP contribution >= 0.6 is 47.8 Å². The van der Waals surface area contributed by atoms with E-state index in [1.807, 2.05) is 116 Å². The number of benzene rings is 4. The van der Waals surface area contributed by atoms with Crippen molar-refractivity contribution in [2.45, 2.75) is 60.2 Å². The zero-order valence-corrected chi connectivity index (χ0v) is 51.2. The van der Waals surface area contributed by atoms with Crippen LogP contribution in [0.2, 0.25) is 0 Å². The van der Waals surface area contributed by atoms with Gasteiger partial charge in [0.15, 0.2) is 25.7 Å². The molecule has 0 fully saturated rings. The van der Waals surface area contributed by atoms with Gasteiger partial charge in [0.2, 0.25) is 6.33 Å². The molecule has 0 aliphatic heterocycles. The number of nitro groups is 3. The molecule has 7 aromatic rings. The summed E-state index contributed by atoms with van der Waals surface area (Å²) in [5, 5.41) is 36.8. The maximum absolute atomic E-state index is 12.4. The number of hydrogen-bond acceptors (Lipinski definition) is 16. The van der Waals surface area contributed by atoms with E-state index in [2.05, 4.69) is 118 Å². The molecule has 3 heterocycles. The Hall–Kier alpha value is -7.25. The highest BCUT2D eigenvalue weighted by Crippen LogP contribution is 2.28. The van der Waals surface area contributed by atoms with Crippen molar-refractivity contribution < 1.29 is 28.8 Å². The summed E-state index contributed by atoms with van der Waals surface area (Å²) in [6.07, 6.45) is 13.7. The number of carbonyl (C=O) groups excluding carboxylic acids is 2. The maximum Gasteiger partial charge on any atom is 0.385 e. The van der Waals surface area contributed by atoms with Crippen LogP contribution in [0, 0.1) is 37.8 Å². The van der Waals surface area contributed by atoms with Gasteiger partial charge in [-0.1, -0.05) is 113 Å². The number of anilines is 4. The van der Waals surface area contributed by atoms with Crippen LogP contribution in [0.15, 0.2) is 137 Å². The van der Waals surface area contributed by atoms with Crippen LogP contribution in [0.4, 0.5) is 28.8 Å². The number of likely N-dealkylation sites (N-methyl/N-ethyl adjacent to an activating group) is 2. The first-order chi connectivity index (χ1) is 36.9. The van der Waals surface area contributed by atoms with Crippen LogP contribution in [-0.4, -0.2) is 127 Å². The molecule has 2 N–H and O–H groups in total. The molecule has 7 rings (SSSR count). The monoisotopic (exact) mass is 1310 g/mol. The second kappa shape index (κ2) is 40.0. The van der Waals surface area contributed by atoms with Gasteiger partial charge < -0.3 is 42.1 Å². The third kappa shape index (κ3) is 30.2. The van der Waals surface area contributed by atoms with E-state index < -0.39 is 14.8 Å². The van der Waals surface area contributed by atoms with Crippen LogP contribution in [0.25, 0.3) is 21.8 Å². The van der Waals surface area contributed by atoms with Gasteiger partial charge in [-0.15, -0.1) is 0 Å². The topological polar surface area (TPSA) is 260 Å². The zero-order chi connectivity index (χ0) is 58.4. The Morgan fingerprint density at radius 2 is 1.11 bits per heavy atom. The third-order valence-electron chi connectivity index (χ3n) is 10.2. The van der Waals surface area contributed by atoms with Crippen molar-refractivity contribution in [3.8, 4) is 0 Å². The Morgan fingerprint density at radius 3 is 1.47 bits per heavy atom. The van der Waals surface area contributed by atoms with Crippen LogP contribution < -0.4 is 10.6 Å². The molecule has 0 aliphatic carbocycles. The summed E-state index contributed by atoms with van der Waals surface area (Å²) in [6, 6.07) is 27.5. The second-order valence-corrected chi connectivity index (χ2v) is 20.2. The molecule has 81 heavy (non-hydrogen) atoms. The van der Waals surface area contributed by atoms with Gasteiger partial charge >= 0.3 is 5.82 Å². The number of allylic oxidation sites excluding steroid dienone is 2. The number of aryl methyl sites for hydroxylation is 1. The van der Waals surface area contributed by atoms with Gasteiger partial charge in [-0.25, -0.2) is 19.9 Å².